The smallest absolute Gasteiger partial charge is 0.164 e. The molecule has 1 aliphatic heterocycles. The second-order valence-electron chi connectivity index (χ2n) is 6.05. The fourth-order valence-corrected chi connectivity index (χ4v) is 3.24. The Hall–Kier alpha value is -1.42. The average molecular weight is 292 g/mol. The first kappa shape index (κ1) is 16.0. The molecule has 1 saturated heterocycles. The van der Waals surface area contributed by atoms with Crippen molar-refractivity contribution in [3.63, 3.8) is 0 Å². The van der Waals surface area contributed by atoms with Gasteiger partial charge in [-0.05, 0) is 51.4 Å². The van der Waals surface area contributed by atoms with Crippen molar-refractivity contribution < 1.29 is 9.18 Å². The Kier molecular flexibility index (Phi) is 5.34. The van der Waals surface area contributed by atoms with E-state index in [1.54, 1.807) is 6.07 Å². The molecule has 1 heterocycles. The summed E-state index contributed by atoms with van der Waals surface area (Å²) >= 11 is 0. The molecule has 2 rings (SSSR count). The minimum absolute atomic E-state index is 0.199. The van der Waals surface area contributed by atoms with Crippen molar-refractivity contribution in [2.24, 2.45) is 5.92 Å². The van der Waals surface area contributed by atoms with Gasteiger partial charge in [0.1, 0.15) is 5.82 Å². The molecule has 3 nitrogen and oxygen atoms in total. The highest BCUT2D eigenvalue weighted by atomic mass is 19.1. The van der Waals surface area contributed by atoms with Crippen LogP contribution in [0.3, 0.4) is 0 Å². The van der Waals surface area contributed by atoms with Gasteiger partial charge in [0.15, 0.2) is 5.78 Å². The highest BCUT2D eigenvalue weighted by molar-refractivity contribution is 6.00. The largest absolute Gasteiger partial charge is 0.371 e. The minimum Gasteiger partial charge on any atom is -0.371 e. The van der Waals surface area contributed by atoms with E-state index in [1.807, 2.05) is 6.07 Å². The van der Waals surface area contributed by atoms with Crippen molar-refractivity contribution in [1.29, 1.82) is 0 Å². The monoisotopic (exact) mass is 292 g/mol. The maximum atomic E-state index is 13.9. The lowest BCUT2D eigenvalue weighted by atomic mass is 10.1. The van der Waals surface area contributed by atoms with Crippen LogP contribution in [0.25, 0.3) is 0 Å². The molecule has 1 atom stereocenters. The first-order valence-corrected chi connectivity index (χ1v) is 7.75. The van der Waals surface area contributed by atoms with E-state index in [1.165, 1.54) is 13.0 Å². The third-order valence-electron chi connectivity index (χ3n) is 4.15. The molecule has 0 aromatic heterocycles. The van der Waals surface area contributed by atoms with E-state index >= 15 is 0 Å². The first-order valence-electron chi connectivity index (χ1n) is 7.75. The van der Waals surface area contributed by atoms with Gasteiger partial charge < -0.3 is 9.80 Å². The molecule has 1 aliphatic rings. The Labute approximate surface area is 126 Å². The van der Waals surface area contributed by atoms with Gasteiger partial charge in [0.2, 0.25) is 0 Å². The van der Waals surface area contributed by atoms with Gasteiger partial charge >= 0.3 is 0 Å². The van der Waals surface area contributed by atoms with Gasteiger partial charge in [0, 0.05) is 19.6 Å². The van der Waals surface area contributed by atoms with Crippen molar-refractivity contribution in [2.75, 3.05) is 38.1 Å². The number of carbonyl (C=O) groups excluding carboxylic acids is 1. The van der Waals surface area contributed by atoms with Crippen molar-refractivity contribution in [3.05, 3.63) is 29.6 Å². The fraction of sp³-hybridized carbons (Fsp3) is 0.588. The van der Waals surface area contributed by atoms with Crippen LogP contribution in [0.1, 0.15) is 37.0 Å². The van der Waals surface area contributed by atoms with E-state index in [9.17, 15) is 9.18 Å². The lowest BCUT2D eigenvalue weighted by Crippen LogP contribution is -2.29. The molecule has 0 aliphatic carbocycles. The molecule has 116 valence electrons. The van der Waals surface area contributed by atoms with Crippen LogP contribution < -0.4 is 4.90 Å². The molecule has 0 amide bonds. The van der Waals surface area contributed by atoms with Gasteiger partial charge in [0.25, 0.3) is 0 Å². The lowest BCUT2D eigenvalue weighted by Gasteiger charge is -2.23. The van der Waals surface area contributed by atoms with Crippen molar-refractivity contribution >= 4 is 11.5 Å². The molecule has 21 heavy (non-hydrogen) atoms. The van der Waals surface area contributed by atoms with Gasteiger partial charge in [0.05, 0.1) is 11.3 Å². The third-order valence-corrected chi connectivity index (χ3v) is 4.15. The Bertz CT molecular complexity index is 504. The van der Waals surface area contributed by atoms with Gasteiger partial charge in [-0.2, -0.15) is 0 Å². The van der Waals surface area contributed by atoms with Crippen LogP contribution in [-0.4, -0.2) is 43.9 Å². The second kappa shape index (κ2) is 7.03. The summed E-state index contributed by atoms with van der Waals surface area (Å²) in [7, 11) is 2.15. The van der Waals surface area contributed by atoms with E-state index in [0.29, 0.717) is 5.92 Å². The van der Waals surface area contributed by atoms with Crippen molar-refractivity contribution in [3.8, 4) is 0 Å². The van der Waals surface area contributed by atoms with Crippen LogP contribution in [0, 0.1) is 11.7 Å². The summed E-state index contributed by atoms with van der Waals surface area (Å²) in [6, 6.07) is 4.91. The number of anilines is 1. The molecule has 1 aromatic carbocycles. The number of nitrogens with zero attached hydrogens (tertiary/aromatic N) is 2. The number of ketones is 1. The van der Waals surface area contributed by atoms with E-state index < -0.39 is 5.82 Å². The molecular formula is C17H25FN2O. The van der Waals surface area contributed by atoms with E-state index in [0.717, 1.165) is 44.7 Å². The SMILES string of the molecule is CCCN(C)CC1CCN(c2cccc(F)c2C(C)=O)C1. The molecule has 1 unspecified atom stereocenters. The molecule has 0 N–H and O–H groups in total. The normalized spacial score (nSPS) is 18.5. The van der Waals surface area contributed by atoms with Crippen LogP contribution in [0.15, 0.2) is 18.2 Å². The Morgan fingerprint density at radius 3 is 2.90 bits per heavy atom. The van der Waals surface area contributed by atoms with Crippen LogP contribution in [0.4, 0.5) is 10.1 Å². The van der Waals surface area contributed by atoms with Gasteiger partial charge in [-0.1, -0.05) is 13.0 Å². The standard InChI is InChI=1S/C17H25FN2O/c1-4-9-19(3)11-14-8-10-20(12-14)16-7-5-6-15(18)17(16)13(2)21/h5-7,14H,4,8-12H2,1-3H3. The molecule has 0 radical (unpaired) electrons. The molecule has 0 spiro atoms. The highest BCUT2D eigenvalue weighted by Crippen LogP contribution is 2.29. The summed E-state index contributed by atoms with van der Waals surface area (Å²) < 4.78 is 13.9. The van der Waals surface area contributed by atoms with Crippen LogP contribution in [0.2, 0.25) is 0 Å². The summed E-state index contributed by atoms with van der Waals surface area (Å²) in [5, 5.41) is 0. The number of benzene rings is 1. The Morgan fingerprint density at radius 1 is 1.48 bits per heavy atom. The van der Waals surface area contributed by atoms with Crippen LogP contribution >= 0.6 is 0 Å². The quantitative estimate of drug-likeness (QED) is 0.752. The molecule has 1 fully saturated rings. The Balaban J connectivity index is 2.08. The predicted molar refractivity (Wildman–Crippen MR) is 84.5 cm³/mol. The molecule has 4 heteroatoms. The maximum absolute atomic E-state index is 13.9. The van der Waals surface area contributed by atoms with E-state index in [4.69, 9.17) is 0 Å². The van der Waals surface area contributed by atoms with Crippen molar-refractivity contribution in [2.45, 2.75) is 26.7 Å². The number of halogens is 1. The summed E-state index contributed by atoms with van der Waals surface area (Å²) in [6.07, 6.45) is 2.26. The number of hydrogen-bond donors (Lipinski definition) is 0. The topological polar surface area (TPSA) is 23.6 Å². The summed E-state index contributed by atoms with van der Waals surface area (Å²) in [6.45, 7) is 7.59. The zero-order valence-electron chi connectivity index (χ0n) is 13.2. The highest BCUT2D eigenvalue weighted by Gasteiger charge is 2.26. The van der Waals surface area contributed by atoms with Gasteiger partial charge in [-0.25, -0.2) is 4.39 Å². The second-order valence-corrected chi connectivity index (χ2v) is 6.05. The molecule has 0 saturated carbocycles. The molecule has 0 bridgehead atoms. The molecular weight excluding hydrogens is 267 g/mol. The number of hydrogen-bond acceptors (Lipinski definition) is 3. The number of carbonyl (C=O) groups is 1. The number of Topliss-reactive ketones (excluding diaryl/α,β-unsaturated/α-hetero) is 1. The Morgan fingerprint density at radius 2 is 2.24 bits per heavy atom. The van der Waals surface area contributed by atoms with E-state index in [2.05, 4.69) is 23.8 Å². The molecule has 1 aromatic rings. The predicted octanol–water partition coefficient (Wildman–Crippen LogP) is 3.20. The minimum atomic E-state index is -0.411. The summed E-state index contributed by atoms with van der Waals surface area (Å²) in [4.78, 5) is 16.2. The number of rotatable bonds is 6. The van der Waals surface area contributed by atoms with E-state index in [-0.39, 0.29) is 11.3 Å². The van der Waals surface area contributed by atoms with Crippen LogP contribution in [0.5, 0.6) is 0 Å². The third kappa shape index (κ3) is 3.82. The van der Waals surface area contributed by atoms with Crippen molar-refractivity contribution in [1.82, 2.24) is 4.90 Å². The zero-order valence-corrected chi connectivity index (χ0v) is 13.2. The van der Waals surface area contributed by atoms with Crippen LogP contribution in [-0.2, 0) is 0 Å². The zero-order chi connectivity index (χ0) is 15.4. The average Bonchev–Trinajstić information content (AvgIpc) is 2.86. The summed E-state index contributed by atoms with van der Waals surface area (Å²) in [5.41, 5.74) is 0.989. The summed E-state index contributed by atoms with van der Waals surface area (Å²) in [5.74, 6) is -0.0224. The fourth-order valence-electron chi connectivity index (χ4n) is 3.24. The van der Waals surface area contributed by atoms with Gasteiger partial charge in [-0.3, -0.25) is 4.79 Å². The lowest BCUT2D eigenvalue weighted by molar-refractivity contribution is 0.101. The first-order chi connectivity index (χ1) is 10.0. The maximum Gasteiger partial charge on any atom is 0.164 e. The van der Waals surface area contributed by atoms with Gasteiger partial charge in [-0.15, -0.1) is 0 Å².